The minimum Gasteiger partial charge on any atom is -0.508 e. The van der Waals surface area contributed by atoms with Gasteiger partial charge in [-0.15, -0.1) is 0 Å². The van der Waals surface area contributed by atoms with Gasteiger partial charge in [-0.25, -0.2) is 4.79 Å². The first-order chi connectivity index (χ1) is 17.6. The topological polar surface area (TPSA) is 132 Å². The van der Waals surface area contributed by atoms with Crippen molar-refractivity contribution in [3.05, 3.63) is 65.7 Å². The van der Waals surface area contributed by atoms with Crippen LogP contribution in [-0.2, 0) is 20.7 Å². The average Bonchev–Trinajstić information content (AvgIpc) is 2.83. The smallest absolute Gasteiger partial charge is 0.408 e. The number of nitrogens with one attached hydrogen (secondary N) is 2. The molecule has 3 amide bonds. The van der Waals surface area contributed by atoms with Gasteiger partial charge >= 0.3 is 6.09 Å². The molecule has 0 spiro atoms. The summed E-state index contributed by atoms with van der Waals surface area (Å²) in [5.41, 5.74) is 0.415. The van der Waals surface area contributed by atoms with Crippen LogP contribution < -0.4 is 10.6 Å². The zero-order chi connectivity index (χ0) is 27.4. The van der Waals surface area contributed by atoms with Gasteiger partial charge < -0.3 is 25.4 Å². The highest BCUT2D eigenvalue weighted by molar-refractivity contribution is 5.92. The Morgan fingerprint density at radius 2 is 1.73 bits per heavy atom. The Hall–Kier alpha value is -4.06. The lowest BCUT2D eigenvalue weighted by molar-refractivity contribution is -0.141. The fourth-order valence-electron chi connectivity index (χ4n) is 3.69. The molecule has 0 aromatic heterocycles. The van der Waals surface area contributed by atoms with Gasteiger partial charge in [-0.2, -0.15) is 5.26 Å². The van der Waals surface area contributed by atoms with Crippen LogP contribution in [-0.4, -0.2) is 52.6 Å². The third-order valence-corrected chi connectivity index (χ3v) is 5.39. The minimum atomic E-state index is -1.15. The summed E-state index contributed by atoms with van der Waals surface area (Å²) < 4.78 is 5.37. The van der Waals surface area contributed by atoms with Crippen LogP contribution in [0.1, 0.15) is 57.7 Å². The summed E-state index contributed by atoms with van der Waals surface area (Å²) in [5.74, 6) is -1.07. The maximum absolute atomic E-state index is 13.9. The molecule has 3 N–H and O–H groups in total. The lowest BCUT2D eigenvalue weighted by atomic mass is 10.00. The maximum atomic E-state index is 13.9. The zero-order valence-electron chi connectivity index (χ0n) is 21.9. The van der Waals surface area contributed by atoms with Crippen molar-refractivity contribution in [1.29, 1.82) is 5.26 Å². The summed E-state index contributed by atoms with van der Waals surface area (Å²) in [6.45, 7) is 7.14. The number of hydrogen-bond donors (Lipinski definition) is 3. The number of phenolic OH excluding ortho intramolecular Hbond substituents is 1. The van der Waals surface area contributed by atoms with Crippen LogP contribution in [0, 0.1) is 11.3 Å². The molecule has 0 aliphatic carbocycles. The first-order valence-corrected chi connectivity index (χ1v) is 12.3. The average molecular weight is 509 g/mol. The molecule has 37 heavy (non-hydrogen) atoms. The van der Waals surface area contributed by atoms with Crippen molar-refractivity contribution in [3.8, 4) is 11.8 Å². The third kappa shape index (κ3) is 9.49. The molecule has 0 bridgehead atoms. The van der Waals surface area contributed by atoms with Gasteiger partial charge in [0.05, 0.1) is 6.07 Å². The highest BCUT2D eigenvalue weighted by atomic mass is 16.6. The number of alkyl carbamates (subject to hydrolysis) is 1. The number of rotatable bonds is 11. The highest BCUT2D eigenvalue weighted by Gasteiger charge is 2.36. The molecule has 2 rings (SSSR count). The molecule has 0 saturated carbocycles. The number of unbranched alkanes of at least 4 members (excludes halogenated alkanes) is 1. The first-order valence-electron chi connectivity index (χ1n) is 12.3. The standard InChI is InChI=1S/C28H36N4O5/c1-5-6-17-30-25(34)24(21-12-14-22(33)15-13-21)32(18-16-29)26(35)23(19-20-10-8-7-9-11-20)31-27(36)37-28(2,3)4/h7-15,23-24,33H,5-6,17-19H2,1-4H3,(H,30,34)(H,31,36). The van der Waals surface area contributed by atoms with E-state index in [1.165, 1.54) is 24.3 Å². The monoisotopic (exact) mass is 508 g/mol. The molecule has 2 unspecified atom stereocenters. The van der Waals surface area contributed by atoms with Crippen LogP contribution in [0.5, 0.6) is 5.75 Å². The third-order valence-electron chi connectivity index (χ3n) is 5.39. The van der Waals surface area contributed by atoms with Crippen LogP contribution in [0.2, 0.25) is 0 Å². The van der Waals surface area contributed by atoms with E-state index in [1.807, 2.05) is 43.3 Å². The summed E-state index contributed by atoms with van der Waals surface area (Å²) in [7, 11) is 0. The maximum Gasteiger partial charge on any atom is 0.408 e. The van der Waals surface area contributed by atoms with Gasteiger partial charge in [0.1, 0.15) is 30.0 Å². The summed E-state index contributed by atoms with van der Waals surface area (Å²) in [5, 5.41) is 24.8. The molecule has 2 aromatic rings. The number of ether oxygens (including phenoxy) is 1. The van der Waals surface area contributed by atoms with Gasteiger partial charge in [-0.05, 0) is 50.5 Å². The highest BCUT2D eigenvalue weighted by Crippen LogP contribution is 2.25. The lowest BCUT2D eigenvalue weighted by Gasteiger charge is -2.33. The molecule has 0 radical (unpaired) electrons. The van der Waals surface area contributed by atoms with Crippen LogP contribution >= 0.6 is 0 Å². The fourth-order valence-corrected chi connectivity index (χ4v) is 3.69. The fraction of sp³-hybridized carbons (Fsp3) is 0.429. The van der Waals surface area contributed by atoms with Crippen LogP contribution in [0.15, 0.2) is 54.6 Å². The Bertz CT molecular complexity index is 1070. The molecule has 198 valence electrons. The van der Waals surface area contributed by atoms with Crippen LogP contribution in [0.25, 0.3) is 0 Å². The number of hydrogen-bond acceptors (Lipinski definition) is 6. The molecule has 0 aliphatic heterocycles. The van der Waals surface area contributed by atoms with Crippen molar-refractivity contribution in [1.82, 2.24) is 15.5 Å². The zero-order valence-corrected chi connectivity index (χ0v) is 21.9. The number of carbonyl (C=O) groups is 3. The van der Waals surface area contributed by atoms with Gasteiger partial charge in [0.25, 0.3) is 0 Å². The van der Waals surface area contributed by atoms with Crippen LogP contribution in [0.3, 0.4) is 0 Å². The summed E-state index contributed by atoms with van der Waals surface area (Å²) in [6, 6.07) is 14.7. The summed E-state index contributed by atoms with van der Waals surface area (Å²) in [4.78, 5) is 41.1. The molecular formula is C28H36N4O5. The molecule has 9 heteroatoms. The quantitative estimate of drug-likeness (QED) is 0.312. The Balaban J connectivity index is 2.47. The Morgan fingerprint density at radius 3 is 2.30 bits per heavy atom. The minimum absolute atomic E-state index is 0.000553. The number of phenols is 1. The summed E-state index contributed by atoms with van der Waals surface area (Å²) >= 11 is 0. The number of carbonyl (C=O) groups excluding carboxylic acids is 3. The predicted octanol–water partition coefficient (Wildman–Crippen LogP) is 3.84. The molecule has 2 atom stereocenters. The normalized spacial score (nSPS) is 12.5. The molecule has 0 fully saturated rings. The number of nitriles is 1. The van der Waals surface area contributed by atoms with E-state index in [4.69, 9.17) is 4.74 Å². The number of benzene rings is 2. The van der Waals surface area contributed by atoms with Crippen molar-refractivity contribution in [3.63, 3.8) is 0 Å². The van der Waals surface area contributed by atoms with Crippen molar-refractivity contribution < 1.29 is 24.2 Å². The van der Waals surface area contributed by atoms with Gasteiger partial charge in [0.2, 0.25) is 11.8 Å². The molecule has 0 heterocycles. The van der Waals surface area contributed by atoms with E-state index >= 15 is 0 Å². The molecule has 0 aliphatic rings. The van der Waals surface area contributed by atoms with E-state index in [0.717, 1.165) is 23.3 Å². The second kappa shape index (κ2) is 13.9. The van der Waals surface area contributed by atoms with Gasteiger partial charge in [-0.1, -0.05) is 55.8 Å². The lowest BCUT2D eigenvalue weighted by Crippen LogP contribution is -2.54. The predicted molar refractivity (Wildman–Crippen MR) is 139 cm³/mol. The van der Waals surface area contributed by atoms with E-state index in [2.05, 4.69) is 10.6 Å². The number of amides is 3. The molecule has 0 saturated heterocycles. The Labute approximate surface area is 218 Å². The van der Waals surface area contributed by atoms with Gasteiger partial charge in [-0.3, -0.25) is 9.59 Å². The van der Waals surface area contributed by atoms with E-state index in [1.54, 1.807) is 20.8 Å². The van der Waals surface area contributed by atoms with Crippen molar-refractivity contribution in [2.24, 2.45) is 0 Å². The molecule has 2 aromatic carbocycles. The molecular weight excluding hydrogens is 472 g/mol. The number of aromatic hydroxyl groups is 1. The summed E-state index contributed by atoms with van der Waals surface area (Å²) in [6.07, 6.45) is 0.953. The number of nitrogens with zero attached hydrogens (tertiary/aromatic N) is 2. The van der Waals surface area contributed by atoms with E-state index in [0.29, 0.717) is 12.1 Å². The first kappa shape index (κ1) is 29.2. The van der Waals surface area contributed by atoms with Crippen molar-refractivity contribution >= 4 is 17.9 Å². The Kier molecular flexibility index (Phi) is 10.9. The van der Waals surface area contributed by atoms with Crippen molar-refractivity contribution in [2.75, 3.05) is 13.1 Å². The van der Waals surface area contributed by atoms with Gasteiger partial charge in [0.15, 0.2) is 0 Å². The SMILES string of the molecule is CCCCNC(=O)C(c1ccc(O)cc1)N(CC#N)C(=O)C(Cc1ccccc1)NC(=O)OC(C)(C)C. The van der Waals surface area contributed by atoms with Gasteiger partial charge in [0, 0.05) is 13.0 Å². The Morgan fingerprint density at radius 1 is 1.08 bits per heavy atom. The molecule has 9 nitrogen and oxygen atoms in total. The van der Waals surface area contributed by atoms with Crippen molar-refractivity contribution in [2.45, 2.75) is 64.6 Å². The largest absolute Gasteiger partial charge is 0.508 e. The van der Waals surface area contributed by atoms with E-state index in [9.17, 15) is 24.8 Å². The second-order valence-electron chi connectivity index (χ2n) is 9.65. The second-order valence-corrected chi connectivity index (χ2v) is 9.65. The van der Waals surface area contributed by atoms with Crippen LogP contribution in [0.4, 0.5) is 4.79 Å². The van der Waals surface area contributed by atoms with E-state index < -0.39 is 42.1 Å². The van der Waals surface area contributed by atoms with E-state index in [-0.39, 0.29) is 12.2 Å².